The van der Waals surface area contributed by atoms with Gasteiger partial charge in [-0.25, -0.2) is 0 Å². The predicted molar refractivity (Wildman–Crippen MR) is 56.3 cm³/mol. The molecular weight excluding hydrogens is 212 g/mol. The number of halogens is 1. The van der Waals surface area contributed by atoms with Gasteiger partial charge in [0, 0.05) is 10.4 Å². The highest BCUT2D eigenvalue weighted by Gasteiger charge is 2.15. The van der Waals surface area contributed by atoms with E-state index in [1.54, 1.807) is 0 Å². The first-order chi connectivity index (χ1) is 5.68. The lowest BCUT2D eigenvalue weighted by Crippen LogP contribution is -1.91. The smallest absolute Gasteiger partial charge is 0.0184 e. The summed E-state index contributed by atoms with van der Waals surface area (Å²) < 4.78 is 1.18. The standard InChI is InChI=1S/C11H11Br/c1-7-3-4-9-6-10(12)5-8(2)11(7)9/h3-7H,1-2H3. The van der Waals surface area contributed by atoms with Crippen LogP contribution in [0.3, 0.4) is 0 Å². The lowest BCUT2D eigenvalue weighted by molar-refractivity contribution is 0.973. The molecule has 0 spiro atoms. The van der Waals surface area contributed by atoms with Gasteiger partial charge in [-0.1, -0.05) is 35.0 Å². The van der Waals surface area contributed by atoms with Crippen LogP contribution in [0, 0.1) is 6.92 Å². The monoisotopic (exact) mass is 222 g/mol. The molecule has 0 amide bonds. The SMILES string of the molecule is Cc1cc(Br)cc2c1C(C)C=C2. The van der Waals surface area contributed by atoms with Gasteiger partial charge in [0.2, 0.25) is 0 Å². The third kappa shape index (κ3) is 1.13. The van der Waals surface area contributed by atoms with Gasteiger partial charge in [0.05, 0.1) is 0 Å². The topological polar surface area (TPSA) is 0 Å². The molecule has 0 fully saturated rings. The Morgan fingerprint density at radius 2 is 2.08 bits per heavy atom. The molecule has 1 aliphatic rings. The van der Waals surface area contributed by atoms with Gasteiger partial charge in [-0.15, -0.1) is 0 Å². The van der Waals surface area contributed by atoms with Crippen molar-refractivity contribution >= 4 is 22.0 Å². The highest BCUT2D eigenvalue weighted by molar-refractivity contribution is 9.10. The number of hydrogen-bond donors (Lipinski definition) is 0. The van der Waals surface area contributed by atoms with Crippen LogP contribution >= 0.6 is 15.9 Å². The molecule has 0 saturated carbocycles. The summed E-state index contributed by atoms with van der Waals surface area (Å²) in [6, 6.07) is 4.37. The van der Waals surface area contributed by atoms with E-state index in [2.05, 4.69) is 54.1 Å². The summed E-state index contributed by atoms with van der Waals surface area (Å²) in [5.41, 5.74) is 4.24. The number of hydrogen-bond acceptors (Lipinski definition) is 0. The Bertz CT molecular complexity index is 350. The Balaban J connectivity index is 2.66. The molecular formula is C11H11Br. The van der Waals surface area contributed by atoms with Gasteiger partial charge in [-0.3, -0.25) is 0 Å². The highest BCUT2D eigenvalue weighted by Crippen LogP contribution is 2.34. The largest absolute Gasteiger partial charge is 0.0766 e. The minimum atomic E-state index is 0.591. The van der Waals surface area contributed by atoms with E-state index in [4.69, 9.17) is 0 Å². The first kappa shape index (κ1) is 8.06. The maximum absolute atomic E-state index is 3.50. The van der Waals surface area contributed by atoms with Crippen molar-refractivity contribution < 1.29 is 0 Å². The molecule has 1 aliphatic carbocycles. The second kappa shape index (κ2) is 2.74. The summed E-state index contributed by atoms with van der Waals surface area (Å²) in [5.74, 6) is 0.591. The second-order valence-electron chi connectivity index (χ2n) is 3.37. The van der Waals surface area contributed by atoms with Crippen molar-refractivity contribution in [1.29, 1.82) is 0 Å². The molecule has 1 atom stereocenters. The van der Waals surface area contributed by atoms with Crippen molar-refractivity contribution in [1.82, 2.24) is 0 Å². The van der Waals surface area contributed by atoms with Crippen LogP contribution in [0.25, 0.3) is 6.08 Å². The van der Waals surface area contributed by atoms with Gasteiger partial charge < -0.3 is 0 Å². The van der Waals surface area contributed by atoms with Crippen molar-refractivity contribution in [2.45, 2.75) is 19.8 Å². The minimum Gasteiger partial charge on any atom is -0.0766 e. The molecule has 0 heterocycles. The number of benzene rings is 1. The van der Waals surface area contributed by atoms with E-state index in [9.17, 15) is 0 Å². The van der Waals surface area contributed by atoms with E-state index < -0.39 is 0 Å². The van der Waals surface area contributed by atoms with E-state index in [1.165, 1.54) is 21.2 Å². The predicted octanol–water partition coefficient (Wildman–Crippen LogP) is 3.89. The van der Waals surface area contributed by atoms with Crippen LogP contribution in [0.5, 0.6) is 0 Å². The average molecular weight is 223 g/mol. The van der Waals surface area contributed by atoms with E-state index >= 15 is 0 Å². The quantitative estimate of drug-likeness (QED) is 0.625. The van der Waals surface area contributed by atoms with Crippen molar-refractivity contribution in [3.63, 3.8) is 0 Å². The number of rotatable bonds is 0. The minimum absolute atomic E-state index is 0.591. The zero-order valence-electron chi connectivity index (χ0n) is 7.26. The number of fused-ring (bicyclic) bond motifs is 1. The molecule has 0 bridgehead atoms. The Morgan fingerprint density at radius 1 is 1.33 bits per heavy atom. The van der Waals surface area contributed by atoms with Gasteiger partial charge in [-0.2, -0.15) is 0 Å². The molecule has 0 aliphatic heterocycles. The maximum Gasteiger partial charge on any atom is 0.0184 e. The fourth-order valence-electron chi connectivity index (χ4n) is 1.88. The zero-order valence-corrected chi connectivity index (χ0v) is 8.85. The van der Waals surface area contributed by atoms with Crippen LogP contribution in [-0.2, 0) is 0 Å². The fraction of sp³-hybridized carbons (Fsp3) is 0.273. The van der Waals surface area contributed by atoms with E-state index in [1.807, 2.05) is 0 Å². The van der Waals surface area contributed by atoms with Crippen LogP contribution < -0.4 is 0 Å². The summed E-state index contributed by atoms with van der Waals surface area (Å²) in [7, 11) is 0. The van der Waals surface area contributed by atoms with Gasteiger partial charge in [0.1, 0.15) is 0 Å². The van der Waals surface area contributed by atoms with Crippen LogP contribution in [0.4, 0.5) is 0 Å². The highest BCUT2D eigenvalue weighted by atomic mass is 79.9. The second-order valence-corrected chi connectivity index (χ2v) is 4.29. The molecule has 0 aromatic heterocycles. The first-order valence-electron chi connectivity index (χ1n) is 4.17. The van der Waals surface area contributed by atoms with Crippen molar-refractivity contribution in [2.24, 2.45) is 0 Å². The van der Waals surface area contributed by atoms with E-state index in [0.29, 0.717) is 5.92 Å². The molecule has 0 nitrogen and oxygen atoms in total. The summed E-state index contributed by atoms with van der Waals surface area (Å²) >= 11 is 3.50. The number of allylic oxidation sites excluding steroid dienone is 1. The third-order valence-electron chi connectivity index (χ3n) is 2.40. The molecule has 62 valence electrons. The Morgan fingerprint density at radius 3 is 2.83 bits per heavy atom. The third-order valence-corrected chi connectivity index (χ3v) is 2.86. The van der Waals surface area contributed by atoms with Gasteiger partial charge in [0.25, 0.3) is 0 Å². The molecule has 1 aromatic carbocycles. The molecule has 1 aromatic rings. The normalized spacial score (nSPS) is 19.8. The number of aryl methyl sites for hydroxylation is 1. The summed E-state index contributed by atoms with van der Waals surface area (Å²) in [4.78, 5) is 0. The van der Waals surface area contributed by atoms with Crippen LogP contribution in [0.15, 0.2) is 22.7 Å². The Kier molecular flexibility index (Phi) is 1.84. The molecule has 0 radical (unpaired) electrons. The summed E-state index contributed by atoms with van der Waals surface area (Å²) in [6.45, 7) is 4.41. The van der Waals surface area contributed by atoms with Crippen molar-refractivity contribution in [3.8, 4) is 0 Å². The first-order valence-corrected chi connectivity index (χ1v) is 4.96. The molecule has 1 unspecified atom stereocenters. The van der Waals surface area contributed by atoms with Crippen LogP contribution in [0.1, 0.15) is 29.5 Å². The van der Waals surface area contributed by atoms with Crippen LogP contribution in [-0.4, -0.2) is 0 Å². The van der Waals surface area contributed by atoms with Gasteiger partial charge in [0.15, 0.2) is 0 Å². The van der Waals surface area contributed by atoms with Gasteiger partial charge >= 0.3 is 0 Å². The lowest BCUT2D eigenvalue weighted by atomic mass is 9.97. The maximum atomic E-state index is 3.50. The van der Waals surface area contributed by atoms with Gasteiger partial charge in [-0.05, 0) is 35.7 Å². The Labute approximate surface area is 81.4 Å². The van der Waals surface area contributed by atoms with Crippen molar-refractivity contribution in [3.05, 3.63) is 39.4 Å². The summed E-state index contributed by atoms with van der Waals surface area (Å²) in [6.07, 6.45) is 4.46. The van der Waals surface area contributed by atoms with E-state index in [0.717, 1.165) is 0 Å². The fourth-order valence-corrected chi connectivity index (χ4v) is 2.47. The molecule has 0 saturated heterocycles. The molecule has 12 heavy (non-hydrogen) atoms. The molecule has 1 heteroatoms. The lowest BCUT2D eigenvalue weighted by Gasteiger charge is -2.09. The average Bonchev–Trinajstić information content (AvgIpc) is 2.31. The van der Waals surface area contributed by atoms with Crippen LogP contribution in [0.2, 0.25) is 0 Å². The van der Waals surface area contributed by atoms with E-state index in [-0.39, 0.29) is 0 Å². The molecule has 2 rings (SSSR count). The van der Waals surface area contributed by atoms with Crippen molar-refractivity contribution in [2.75, 3.05) is 0 Å². The molecule has 0 N–H and O–H groups in total. The zero-order chi connectivity index (χ0) is 8.72. The summed E-state index contributed by atoms with van der Waals surface area (Å²) in [5, 5.41) is 0. The Hall–Kier alpha value is -0.560.